The number of morpholine rings is 1. The van der Waals surface area contributed by atoms with Crippen LogP contribution in [0.15, 0.2) is 58.7 Å². The topological polar surface area (TPSA) is 98.4 Å². The van der Waals surface area contributed by atoms with Gasteiger partial charge in [-0.15, -0.1) is 0 Å². The number of nitrogens with one attached hydrogen (secondary N) is 1. The van der Waals surface area contributed by atoms with Crippen LogP contribution in [0.25, 0.3) is 0 Å². The third kappa shape index (κ3) is 8.70. The van der Waals surface area contributed by atoms with Gasteiger partial charge in [-0.25, -0.2) is 4.99 Å². The van der Waals surface area contributed by atoms with Crippen LogP contribution < -0.4 is 20.5 Å². The summed E-state index contributed by atoms with van der Waals surface area (Å²) < 4.78 is 16.6. The fourth-order valence-corrected chi connectivity index (χ4v) is 3.62. The number of amides is 1. The van der Waals surface area contributed by atoms with Crippen LogP contribution in [0.1, 0.15) is 39.7 Å². The van der Waals surface area contributed by atoms with E-state index in [2.05, 4.69) is 10.2 Å². The molecule has 0 aliphatic carbocycles. The van der Waals surface area contributed by atoms with Crippen molar-refractivity contribution < 1.29 is 19.0 Å². The number of anilines is 1. The third-order valence-electron chi connectivity index (χ3n) is 5.71. The lowest BCUT2D eigenvalue weighted by atomic mass is 9.99. The Balaban J connectivity index is 0.00000222. The fourth-order valence-electron chi connectivity index (χ4n) is 3.62. The number of carbonyl (C=O) groups is 1. The molecule has 0 radical (unpaired) electrons. The van der Waals surface area contributed by atoms with Crippen molar-refractivity contribution in [3.63, 3.8) is 0 Å². The summed E-state index contributed by atoms with van der Waals surface area (Å²) in [6.07, 6.45) is 1.57. The van der Waals surface area contributed by atoms with E-state index in [4.69, 9.17) is 24.9 Å². The molecule has 0 atom stereocenters. The van der Waals surface area contributed by atoms with Gasteiger partial charge in [-0.2, -0.15) is 0 Å². The van der Waals surface area contributed by atoms with Crippen molar-refractivity contribution in [1.82, 2.24) is 4.90 Å². The summed E-state index contributed by atoms with van der Waals surface area (Å²) in [5.41, 5.74) is 10.4. The highest BCUT2D eigenvalue weighted by Crippen LogP contribution is 2.28. The van der Waals surface area contributed by atoms with Gasteiger partial charge in [0.2, 0.25) is 6.41 Å². The molecule has 1 aliphatic rings. The molecule has 1 heterocycles. The maximum atomic E-state index is 11.4. The van der Waals surface area contributed by atoms with Gasteiger partial charge in [0, 0.05) is 37.0 Å². The Morgan fingerprint density at radius 1 is 1.11 bits per heavy atom. The van der Waals surface area contributed by atoms with E-state index in [1.165, 1.54) is 0 Å². The number of carbonyl (C=O) groups excluding carboxylic acids is 1. The average Bonchev–Trinajstić information content (AvgIpc) is 2.92. The molecule has 3 rings (SSSR count). The minimum atomic E-state index is 0.588. The molecule has 8 nitrogen and oxygen atoms in total. The minimum absolute atomic E-state index is 0.588. The molecule has 196 valence electrons. The van der Waals surface area contributed by atoms with E-state index in [0.717, 1.165) is 61.8 Å². The largest absolute Gasteiger partial charge is 0.497 e. The summed E-state index contributed by atoms with van der Waals surface area (Å²) in [6, 6.07) is 13.1. The Hall–Kier alpha value is -3.36. The lowest BCUT2D eigenvalue weighted by Crippen LogP contribution is -2.37. The molecule has 0 aromatic heterocycles. The first kappa shape index (κ1) is 28.9. The van der Waals surface area contributed by atoms with Crippen LogP contribution in [0, 0.1) is 0 Å². The smallest absolute Gasteiger partial charge is 0.211 e. The van der Waals surface area contributed by atoms with Crippen molar-refractivity contribution >= 4 is 23.5 Å². The molecular weight excluding hydrogens is 456 g/mol. The summed E-state index contributed by atoms with van der Waals surface area (Å²) >= 11 is 0. The number of rotatable bonds is 11. The predicted octanol–water partition coefficient (Wildman–Crippen LogP) is 4.76. The zero-order chi connectivity index (χ0) is 26.3. The second-order valence-electron chi connectivity index (χ2n) is 8.09. The summed E-state index contributed by atoms with van der Waals surface area (Å²) in [7, 11) is 1.62. The van der Waals surface area contributed by atoms with E-state index in [0.29, 0.717) is 35.9 Å². The summed E-state index contributed by atoms with van der Waals surface area (Å²) in [5, 5.41) is 2.79. The van der Waals surface area contributed by atoms with Crippen LogP contribution in [-0.4, -0.2) is 63.6 Å². The van der Waals surface area contributed by atoms with Crippen molar-refractivity contribution in [2.75, 3.05) is 51.9 Å². The van der Waals surface area contributed by atoms with E-state index in [1.807, 2.05) is 70.2 Å². The molecule has 8 heteroatoms. The van der Waals surface area contributed by atoms with E-state index >= 15 is 0 Å². The van der Waals surface area contributed by atoms with Crippen molar-refractivity contribution in [3.8, 4) is 11.5 Å². The summed E-state index contributed by atoms with van der Waals surface area (Å²) in [4.78, 5) is 18.6. The van der Waals surface area contributed by atoms with Crippen molar-refractivity contribution in [3.05, 3.63) is 59.3 Å². The molecule has 0 spiro atoms. The van der Waals surface area contributed by atoms with Gasteiger partial charge in [-0.1, -0.05) is 13.8 Å². The van der Waals surface area contributed by atoms with Crippen LogP contribution in [0.3, 0.4) is 0 Å². The molecule has 1 aliphatic heterocycles. The van der Waals surface area contributed by atoms with Crippen LogP contribution in [0.4, 0.5) is 11.4 Å². The lowest BCUT2D eigenvalue weighted by Gasteiger charge is -2.26. The van der Waals surface area contributed by atoms with Gasteiger partial charge in [0.15, 0.2) is 0 Å². The highest BCUT2D eigenvalue weighted by Gasteiger charge is 2.15. The Kier molecular flexibility index (Phi) is 12.5. The lowest BCUT2D eigenvalue weighted by molar-refractivity contribution is -0.105. The zero-order valence-electron chi connectivity index (χ0n) is 22.2. The van der Waals surface area contributed by atoms with Crippen LogP contribution >= 0.6 is 0 Å². The first-order chi connectivity index (χ1) is 17.5. The van der Waals surface area contributed by atoms with Crippen molar-refractivity contribution in [2.24, 2.45) is 10.7 Å². The number of nitrogens with two attached hydrogens (primary N) is 1. The second kappa shape index (κ2) is 15.6. The highest BCUT2D eigenvalue weighted by atomic mass is 16.5. The molecular formula is C28H40N4O4. The summed E-state index contributed by atoms with van der Waals surface area (Å²) in [6.45, 7) is 12.8. The number of allylic oxidation sites excluding steroid dienone is 2. The second-order valence-corrected chi connectivity index (χ2v) is 8.09. The van der Waals surface area contributed by atoms with Crippen LogP contribution in [-0.2, 0) is 9.53 Å². The number of ether oxygens (including phenoxy) is 3. The maximum absolute atomic E-state index is 11.4. The van der Waals surface area contributed by atoms with Crippen molar-refractivity contribution in [2.45, 2.75) is 34.1 Å². The van der Waals surface area contributed by atoms with Gasteiger partial charge >= 0.3 is 0 Å². The van der Waals surface area contributed by atoms with Crippen LogP contribution in [0.2, 0.25) is 0 Å². The number of aliphatic imine (C=N–C) groups is 1. The number of benzene rings is 2. The van der Waals surface area contributed by atoms with E-state index in [-0.39, 0.29) is 0 Å². The van der Waals surface area contributed by atoms with E-state index in [9.17, 15) is 4.79 Å². The fraction of sp³-hybridized carbons (Fsp3) is 0.429. The Bertz CT molecular complexity index is 1010. The molecule has 3 N–H and O–H groups in total. The molecule has 2 aromatic carbocycles. The molecule has 2 aromatic rings. The molecule has 36 heavy (non-hydrogen) atoms. The maximum Gasteiger partial charge on any atom is 0.211 e. The van der Waals surface area contributed by atoms with Gasteiger partial charge in [-0.05, 0) is 62.2 Å². The SMILES string of the molecule is CC.COc1ccc(N=C(/C(C)=C(\C)N)c2ccc(OCCCN3CCOCC3)cc2NC=O)cc1. The average molecular weight is 497 g/mol. The zero-order valence-corrected chi connectivity index (χ0v) is 22.2. The predicted molar refractivity (Wildman–Crippen MR) is 147 cm³/mol. The van der Waals surface area contributed by atoms with Gasteiger partial charge in [-0.3, -0.25) is 9.69 Å². The van der Waals surface area contributed by atoms with E-state index < -0.39 is 0 Å². The number of methoxy groups -OCH3 is 1. The Morgan fingerprint density at radius 2 is 1.78 bits per heavy atom. The first-order valence-electron chi connectivity index (χ1n) is 12.5. The minimum Gasteiger partial charge on any atom is -0.497 e. The molecule has 1 fully saturated rings. The molecule has 1 saturated heterocycles. The Morgan fingerprint density at radius 3 is 2.39 bits per heavy atom. The van der Waals surface area contributed by atoms with Gasteiger partial charge in [0.25, 0.3) is 0 Å². The normalized spacial score (nSPS) is 14.8. The van der Waals surface area contributed by atoms with Crippen LogP contribution in [0.5, 0.6) is 11.5 Å². The van der Waals surface area contributed by atoms with Gasteiger partial charge < -0.3 is 25.3 Å². The molecule has 0 saturated carbocycles. The highest BCUT2D eigenvalue weighted by molar-refractivity contribution is 6.17. The first-order valence-corrected chi connectivity index (χ1v) is 12.5. The quantitative estimate of drug-likeness (QED) is 0.264. The number of hydrogen-bond acceptors (Lipinski definition) is 7. The molecule has 0 unspecified atom stereocenters. The van der Waals surface area contributed by atoms with Gasteiger partial charge in [0.05, 0.1) is 44.0 Å². The Labute approximate surface area is 215 Å². The monoisotopic (exact) mass is 496 g/mol. The van der Waals surface area contributed by atoms with Crippen molar-refractivity contribution in [1.29, 1.82) is 0 Å². The van der Waals surface area contributed by atoms with Gasteiger partial charge in [0.1, 0.15) is 11.5 Å². The molecule has 0 bridgehead atoms. The summed E-state index contributed by atoms with van der Waals surface area (Å²) in [5.74, 6) is 1.44. The standard InChI is InChI=1S/C26H34N4O4.C2H6/c1-19(20(2)27)26(29-21-5-7-22(32-3)8-6-21)24-10-9-23(17-25(24)28-18-31)34-14-4-11-30-12-15-33-16-13-30;1-2/h5-10,17-18H,4,11-16,27H2,1-3H3,(H,28,31);1-2H3/b20-19+,29-26?;. The molecule has 1 amide bonds. The van der Waals surface area contributed by atoms with E-state index in [1.54, 1.807) is 7.11 Å². The number of hydrogen-bond donors (Lipinski definition) is 2. The third-order valence-corrected chi connectivity index (χ3v) is 5.71. The number of nitrogens with zero attached hydrogens (tertiary/aromatic N) is 2.